The van der Waals surface area contributed by atoms with E-state index >= 15 is 0 Å². The summed E-state index contributed by atoms with van der Waals surface area (Å²) in [5.41, 5.74) is 2.22. The molecule has 5 nitrogen and oxygen atoms in total. The summed E-state index contributed by atoms with van der Waals surface area (Å²) in [5.74, 6) is 3.97. The van der Waals surface area contributed by atoms with Crippen LogP contribution in [0.1, 0.15) is 111 Å². The minimum Gasteiger partial charge on any atom is -0.494 e. The Morgan fingerprint density at radius 3 is 2.02 bits per heavy atom. The van der Waals surface area contributed by atoms with Crippen molar-refractivity contribution in [3.05, 3.63) is 59.7 Å². The van der Waals surface area contributed by atoms with E-state index < -0.39 is 5.97 Å². The Morgan fingerprint density at radius 2 is 1.43 bits per heavy atom. The Labute approximate surface area is 240 Å². The van der Waals surface area contributed by atoms with Crippen molar-refractivity contribution in [2.45, 2.75) is 90.4 Å². The average Bonchev–Trinajstić information content (AvgIpc) is 2.95. The van der Waals surface area contributed by atoms with Crippen molar-refractivity contribution >= 4 is 17.6 Å². The number of carbonyl (C=O) groups is 2. The molecule has 4 fully saturated rings. The maximum atomic E-state index is 12.7. The monoisotopic (exact) mass is 545 g/mol. The maximum absolute atomic E-state index is 12.7. The summed E-state index contributed by atoms with van der Waals surface area (Å²) in [6.45, 7) is 3.04. The van der Waals surface area contributed by atoms with Gasteiger partial charge in [0, 0.05) is 11.3 Å². The molecule has 0 heterocycles. The van der Waals surface area contributed by atoms with Gasteiger partial charge in [-0.3, -0.25) is 4.79 Å². The van der Waals surface area contributed by atoms with E-state index in [1.54, 1.807) is 24.3 Å². The Morgan fingerprint density at radius 1 is 0.825 bits per heavy atom. The maximum Gasteiger partial charge on any atom is 0.337 e. The van der Waals surface area contributed by atoms with Gasteiger partial charge in [-0.15, -0.1) is 0 Å². The van der Waals surface area contributed by atoms with Crippen LogP contribution in [-0.4, -0.2) is 25.6 Å². The molecule has 216 valence electrons. The number of anilines is 1. The Hall–Kier alpha value is -2.82. The van der Waals surface area contributed by atoms with Crippen LogP contribution in [0.3, 0.4) is 0 Å². The molecule has 2 aromatic carbocycles. The Balaban J connectivity index is 1.14. The van der Waals surface area contributed by atoms with E-state index in [1.165, 1.54) is 84.2 Å². The Bertz CT molecular complexity index is 1090. The number of rotatable bonds is 14. The van der Waals surface area contributed by atoms with Crippen molar-refractivity contribution < 1.29 is 19.1 Å². The molecule has 2 aromatic rings. The fraction of sp³-hybridized carbons (Fsp3) is 0.600. The second-order valence-electron chi connectivity index (χ2n) is 12.9. The van der Waals surface area contributed by atoms with Crippen LogP contribution in [-0.2, 0) is 4.74 Å². The largest absolute Gasteiger partial charge is 0.494 e. The summed E-state index contributed by atoms with van der Waals surface area (Å²) in [6, 6.07) is 14.1. The molecule has 4 aliphatic rings. The number of hydrogen-bond acceptors (Lipinski definition) is 4. The van der Waals surface area contributed by atoms with E-state index in [2.05, 4.69) is 12.2 Å². The first-order valence-electron chi connectivity index (χ1n) is 15.7. The van der Waals surface area contributed by atoms with Crippen LogP contribution < -0.4 is 10.1 Å². The second-order valence-corrected chi connectivity index (χ2v) is 12.9. The van der Waals surface area contributed by atoms with Gasteiger partial charge in [0.1, 0.15) is 5.75 Å². The zero-order valence-electron chi connectivity index (χ0n) is 24.5. The number of unbranched alkanes of at least 4 members (excludes halogenated alkanes) is 4. The number of amides is 1. The first kappa shape index (κ1) is 28.7. The van der Waals surface area contributed by atoms with Crippen LogP contribution in [0.5, 0.6) is 5.75 Å². The zero-order valence-corrected chi connectivity index (χ0v) is 24.5. The summed E-state index contributed by atoms with van der Waals surface area (Å²) in [5, 5.41) is 2.88. The van der Waals surface area contributed by atoms with Crippen molar-refractivity contribution in [1.82, 2.24) is 0 Å². The first-order chi connectivity index (χ1) is 19.5. The summed E-state index contributed by atoms with van der Waals surface area (Å²) < 4.78 is 11.0. The van der Waals surface area contributed by atoms with E-state index in [9.17, 15) is 9.59 Å². The molecule has 1 unspecified atom stereocenters. The van der Waals surface area contributed by atoms with Crippen LogP contribution in [0.2, 0.25) is 0 Å². The number of hydrogen-bond donors (Lipinski definition) is 1. The fourth-order valence-corrected chi connectivity index (χ4v) is 8.46. The molecule has 1 atom stereocenters. The molecule has 40 heavy (non-hydrogen) atoms. The van der Waals surface area contributed by atoms with Gasteiger partial charge in [0.25, 0.3) is 5.91 Å². The molecule has 1 amide bonds. The Kier molecular flexibility index (Phi) is 9.49. The third-order valence-corrected chi connectivity index (χ3v) is 10.0. The van der Waals surface area contributed by atoms with Gasteiger partial charge in [-0.1, -0.05) is 39.0 Å². The van der Waals surface area contributed by atoms with Crippen molar-refractivity contribution in [2.75, 3.05) is 19.0 Å². The normalized spacial score (nSPS) is 25.4. The molecule has 4 aliphatic carbocycles. The number of esters is 1. The van der Waals surface area contributed by atoms with Gasteiger partial charge in [0.2, 0.25) is 0 Å². The third-order valence-electron chi connectivity index (χ3n) is 10.0. The second kappa shape index (κ2) is 13.2. The van der Waals surface area contributed by atoms with Crippen molar-refractivity contribution in [2.24, 2.45) is 29.1 Å². The number of carbonyl (C=O) groups excluding carboxylic acids is 2. The summed E-state index contributed by atoms with van der Waals surface area (Å²) >= 11 is 0. The lowest BCUT2D eigenvalue weighted by molar-refractivity contribution is -0.0933. The lowest BCUT2D eigenvalue weighted by atomic mass is 9.46. The topological polar surface area (TPSA) is 64.6 Å². The van der Waals surface area contributed by atoms with E-state index in [0.717, 1.165) is 42.4 Å². The lowest BCUT2D eigenvalue weighted by Crippen LogP contribution is -2.49. The fourth-order valence-electron chi connectivity index (χ4n) is 8.46. The molecular formula is C35H47NO4. The van der Waals surface area contributed by atoms with Crippen molar-refractivity contribution in [3.63, 3.8) is 0 Å². The van der Waals surface area contributed by atoms with Crippen LogP contribution in [0.4, 0.5) is 5.69 Å². The van der Waals surface area contributed by atoms with Crippen LogP contribution in [0.15, 0.2) is 48.5 Å². The molecule has 0 aliphatic heterocycles. The average molecular weight is 546 g/mol. The zero-order chi connectivity index (χ0) is 28.0. The van der Waals surface area contributed by atoms with E-state index in [-0.39, 0.29) is 5.91 Å². The molecule has 4 bridgehead atoms. The quantitative estimate of drug-likeness (QED) is 0.190. The predicted molar refractivity (Wildman–Crippen MR) is 160 cm³/mol. The summed E-state index contributed by atoms with van der Waals surface area (Å²) in [4.78, 5) is 24.3. The van der Waals surface area contributed by atoms with E-state index in [1.807, 2.05) is 24.3 Å². The highest BCUT2D eigenvalue weighted by molar-refractivity contribution is 6.04. The number of ether oxygens (including phenoxy) is 2. The van der Waals surface area contributed by atoms with Gasteiger partial charge in [-0.2, -0.15) is 0 Å². The van der Waals surface area contributed by atoms with Gasteiger partial charge >= 0.3 is 5.97 Å². The van der Waals surface area contributed by atoms with Gasteiger partial charge in [-0.05, 0) is 129 Å². The number of benzene rings is 2. The summed E-state index contributed by atoms with van der Waals surface area (Å²) in [7, 11) is 1.35. The predicted octanol–water partition coefficient (Wildman–Crippen LogP) is 8.69. The molecule has 4 saturated carbocycles. The molecule has 0 spiro atoms. The SMILES string of the molecule is CCCCCCCC(CCOc1ccc(C(=O)Nc2ccc(C(=O)OC)cc2)cc1)C12CC3CC(CC(C3)C1)C2. The first-order valence-corrected chi connectivity index (χ1v) is 15.7. The van der Waals surface area contributed by atoms with Crippen LogP contribution in [0, 0.1) is 29.1 Å². The van der Waals surface area contributed by atoms with Gasteiger partial charge in [0.05, 0.1) is 19.3 Å². The highest BCUT2D eigenvalue weighted by atomic mass is 16.5. The van der Waals surface area contributed by atoms with Crippen molar-refractivity contribution in [1.29, 1.82) is 0 Å². The number of nitrogens with one attached hydrogen (secondary N) is 1. The standard InChI is InChI=1S/C35H47NO4/c1-3-4-5-6-7-8-30(35-22-25-19-26(23-35)21-27(20-25)24-35)17-18-40-32-15-11-28(12-16-32)33(37)36-31-13-9-29(10-14-31)34(38)39-2/h9-16,25-27,30H,3-8,17-24H2,1-2H3,(H,36,37). The minimum atomic E-state index is -0.398. The summed E-state index contributed by atoms with van der Waals surface area (Å²) in [6.07, 6.45) is 18.2. The molecule has 0 aromatic heterocycles. The smallest absolute Gasteiger partial charge is 0.337 e. The molecule has 0 radical (unpaired) electrons. The van der Waals surface area contributed by atoms with Gasteiger partial charge in [-0.25, -0.2) is 4.79 Å². The van der Waals surface area contributed by atoms with E-state index in [4.69, 9.17) is 9.47 Å². The molecule has 0 saturated heterocycles. The molecule has 1 N–H and O–H groups in total. The van der Waals surface area contributed by atoms with Gasteiger partial charge < -0.3 is 14.8 Å². The molecule has 5 heteroatoms. The minimum absolute atomic E-state index is 0.192. The highest BCUT2D eigenvalue weighted by Crippen LogP contribution is 2.63. The number of methoxy groups -OCH3 is 1. The molecular weight excluding hydrogens is 498 g/mol. The lowest BCUT2D eigenvalue weighted by Gasteiger charge is -2.60. The molecule has 6 rings (SSSR count). The van der Waals surface area contributed by atoms with Crippen molar-refractivity contribution in [3.8, 4) is 5.75 Å². The van der Waals surface area contributed by atoms with Crippen LogP contribution >= 0.6 is 0 Å². The third kappa shape index (κ3) is 6.90. The van der Waals surface area contributed by atoms with Gasteiger partial charge in [0.15, 0.2) is 0 Å². The van der Waals surface area contributed by atoms with Crippen LogP contribution in [0.25, 0.3) is 0 Å². The highest BCUT2D eigenvalue weighted by Gasteiger charge is 2.53. The van der Waals surface area contributed by atoms with E-state index in [0.29, 0.717) is 22.2 Å².